The van der Waals surface area contributed by atoms with Gasteiger partial charge in [0, 0.05) is 239 Å². The van der Waals surface area contributed by atoms with Crippen molar-refractivity contribution in [3.8, 4) is 0 Å². The molecule has 0 bridgehead atoms. The van der Waals surface area contributed by atoms with Gasteiger partial charge >= 0.3 is 79.5 Å². The van der Waals surface area contributed by atoms with Gasteiger partial charge in [0.15, 0.2) is 0 Å². The second kappa shape index (κ2) is 64.5. The highest BCUT2D eigenvalue weighted by atomic mass is 28.4. The van der Waals surface area contributed by atoms with Crippen LogP contribution in [0.2, 0.25) is 47.3 Å². The SMILES string of the molecule is CCCCC[Si](OC)(OC)OC.CCCC[Si](OC)(OC)OC.CCC[Si](OC)(OC)OC.CC[Si](OC)(OC)OC.CO[Si](C)(OC)OC.CO[Si](CC(C)C)(OC)OC.CO[Si](O)(OC)OC.CO[Si](OC)(OC)C(C)(C)C.CO[Si](OC)(OC)C(C)C. The Hall–Kier alpha value is 0.832. The van der Waals surface area contributed by atoms with Crippen LogP contribution < -0.4 is 0 Å². The lowest BCUT2D eigenvalue weighted by Gasteiger charge is -2.35. The zero-order valence-electron chi connectivity index (χ0n) is 64.4. The first-order chi connectivity index (χ1) is 42.0. The standard InChI is InChI=1S/C8H20O3Si.3C7H18O3Si.2C6H16O3Si.C5H14O3Si.C4H12O3Si.C3H10O4Si/c1-5-6-7-8-12(9-2,10-3)11-4;1-7(2)6-11(8-3,9-4)10-5;1-7(2,3)11(8-4,9-5)10-6;1-5-6-7-11(8-2,9-3)10-4;1-6(2)10(7-3,8-4)9-5;1-5-6-10(7-2,8-3)9-4;1-5-9(6-2,7-3)8-4;2*1-5-8(4,6-2)7-3/h5-8H2,1-4H3;7H,6H2,1-5H3;1-6H3;5-7H2,1-4H3;6H,1-5H3;5-6H2,1-4H3;5H2,1-4H3;1-4H3;4H,1-3H3. The van der Waals surface area contributed by atoms with E-state index in [1.807, 2.05) is 27.3 Å². The molecule has 0 unspecified atom stereocenters. The minimum absolute atomic E-state index is 0.0642. The predicted molar refractivity (Wildman–Crippen MR) is 373 cm³/mol. The van der Waals surface area contributed by atoms with Gasteiger partial charge < -0.3 is 124 Å². The Labute approximate surface area is 561 Å². The summed E-state index contributed by atoms with van der Waals surface area (Å²) in [6.45, 7) is 24.7. The van der Waals surface area contributed by atoms with Gasteiger partial charge in [0.1, 0.15) is 0 Å². The van der Waals surface area contributed by atoms with E-state index in [4.69, 9.17) is 111 Å². The third-order valence-electron chi connectivity index (χ3n) is 13.4. The molecule has 37 heteroatoms. The second-order valence-electron chi connectivity index (χ2n) is 20.1. The fourth-order valence-corrected chi connectivity index (χ4v) is 21.3. The van der Waals surface area contributed by atoms with Crippen LogP contribution in [0.3, 0.4) is 0 Å². The lowest BCUT2D eigenvalue weighted by Crippen LogP contribution is -2.51. The molecule has 90 heavy (non-hydrogen) atoms. The summed E-state index contributed by atoms with van der Waals surface area (Å²) in [6, 6.07) is 4.40. The van der Waals surface area contributed by atoms with Crippen molar-refractivity contribution < 1.29 is 124 Å². The molecule has 0 aliphatic carbocycles. The summed E-state index contributed by atoms with van der Waals surface area (Å²) in [4.78, 5) is 8.91. The monoisotopic (exact) mass is 1480 g/mol. The molecule has 0 amide bonds. The highest BCUT2D eigenvalue weighted by molar-refractivity contribution is 6.64. The molecule has 0 heterocycles. The van der Waals surface area contributed by atoms with Crippen LogP contribution in [-0.2, 0) is 120 Å². The maximum absolute atomic E-state index is 8.91. The topological polar surface area (TPSA) is 269 Å². The summed E-state index contributed by atoms with van der Waals surface area (Å²) in [7, 11) is 21.8. The van der Waals surface area contributed by atoms with Crippen molar-refractivity contribution in [3.63, 3.8) is 0 Å². The van der Waals surface area contributed by atoms with Gasteiger partial charge in [-0.1, -0.05) is 102 Å². The van der Waals surface area contributed by atoms with E-state index in [0.29, 0.717) is 11.5 Å². The van der Waals surface area contributed by atoms with Crippen LogP contribution >= 0.6 is 0 Å². The first-order valence-corrected chi connectivity index (χ1v) is 46.7. The van der Waals surface area contributed by atoms with E-state index in [1.54, 1.807) is 171 Å². The highest BCUT2D eigenvalue weighted by Gasteiger charge is 2.51. The van der Waals surface area contributed by atoms with Crippen LogP contribution in [0.4, 0.5) is 0 Å². The lowest BCUT2D eigenvalue weighted by molar-refractivity contribution is 0.0418. The molecule has 0 atom stereocenters. The molecule has 0 radical (unpaired) electrons. The highest BCUT2D eigenvalue weighted by Crippen LogP contribution is 2.37. The van der Waals surface area contributed by atoms with Crippen molar-refractivity contribution in [2.24, 2.45) is 5.92 Å². The molecule has 558 valence electrons. The number of hydrogen-bond acceptors (Lipinski definition) is 28. The summed E-state index contributed by atoms with van der Waals surface area (Å²) in [5.41, 5.74) is 0.312. The summed E-state index contributed by atoms with van der Waals surface area (Å²) in [6.07, 6.45) is 6.82. The second-order valence-corrected chi connectivity index (χ2v) is 48.4. The molecular formula is C53H142O28Si9. The van der Waals surface area contributed by atoms with Crippen LogP contribution in [0.25, 0.3) is 0 Å². The number of rotatable bonds is 40. The molecule has 1 N–H and O–H groups in total. The summed E-state index contributed by atoms with van der Waals surface area (Å²) in [5, 5.41) is -0.0642. The van der Waals surface area contributed by atoms with Crippen LogP contribution in [0.5, 0.6) is 0 Å². The van der Waals surface area contributed by atoms with Crippen molar-refractivity contribution in [1.29, 1.82) is 0 Å². The Morgan fingerprint density at radius 2 is 0.567 bits per heavy atom. The van der Waals surface area contributed by atoms with Crippen molar-refractivity contribution in [1.82, 2.24) is 0 Å². The van der Waals surface area contributed by atoms with Gasteiger partial charge in [-0.25, -0.2) is 0 Å². The van der Waals surface area contributed by atoms with Crippen molar-refractivity contribution in [2.75, 3.05) is 192 Å². The molecule has 0 rings (SSSR count). The first kappa shape index (κ1) is 109. The quantitative estimate of drug-likeness (QED) is 0.0441. The van der Waals surface area contributed by atoms with Crippen molar-refractivity contribution in [3.05, 3.63) is 0 Å². The fourth-order valence-electron chi connectivity index (χ4n) is 7.27. The Morgan fingerprint density at radius 3 is 0.656 bits per heavy atom. The molecule has 0 aliphatic heterocycles. The Morgan fingerprint density at radius 1 is 0.300 bits per heavy atom. The van der Waals surface area contributed by atoms with Gasteiger partial charge in [0.25, 0.3) is 0 Å². The normalized spacial score (nSPS) is 12.3. The first-order valence-electron chi connectivity index (χ1n) is 29.6. The maximum atomic E-state index is 8.91. The smallest absolute Gasteiger partial charge is 0.377 e. The molecule has 0 aromatic rings. The number of hydrogen-bond donors (Lipinski definition) is 1. The molecule has 0 spiro atoms. The Bertz CT molecular complexity index is 1340. The van der Waals surface area contributed by atoms with Crippen molar-refractivity contribution in [2.45, 2.75) is 162 Å². The molecule has 0 saturated heterocycles. The van der Waals surface area contributed by atoms with Gasteiger partial charge in [0.2, 0.25) is 0 Å². The summed E-state index contributed by atoms with van der Waals surface area (Å²) in [5.74, 6) is 0.543. The molecular weight excluding hydrogens is 1340 g/mol. The van der Waals surface area contributed by atoms with E-state index >= 15 is 0 Å². The Kier molecular flexibility index (Phi) is 78.5. The summed E-state index contributed by atoms with van der Waals surface area (Å²) >= 11 is 0. The maximum Gasteiger partial charge on any atom is 0.676 e. The molecule has 0 saturated carbocycles. The van der Waals surface area contributed by atoms with Gasteiger partial charge in [-0.2, -0.15) is 0 Å². The van der Waals surface area contributed by atoms with Gasteiger partial charge in [0.05, 0.1) is 0 Å². The van der Waals surface area contributed by atoms with Gasteiger partial charge in [-0.05, 0) is 18.8 Å². The van der Waals surface area contributed by atoms with Crippen LogP contribution in [-0.4, -0.2) is 276 Å². The molecule has 0 aliphatic rings. The minimum atomic E-state index is -3.17. The zero-order chi connectivity index (χ0) is 73.0. The third kappa shape index (κ3) is 47.7. The van der Waals surface area contributed by atoms with Gasteiger partial charge in [-0.15, -0.1) is 0 Å². The molecule has 0 fully saturated rings. The van der Waals surface area contributed by atoms with E-state index in [0.717, 1.165) is 55.9 Å². The zero-order valence-corrected chi connectivity index (χ0v) is 73.4. The summed E-state index contributed by atoms with van der Waals surface area (Å²) < 4.78 is 138. The molecule has 0 aromatic heterocycles. The van der Waals surface area contributed by atoms with E-state index in [9.17, 15) is 0 Å². The van der Waals surface area contributed by atoms with E-state index < -0.39 is 79.5 Å². The molecule has 28 nitrogen and oxygen atoms in total. The third-order valence-corrected chi connectivity index (χ3v) is 38.3. The van der Waals surface area contributed by atoms with Gasteiger partial charge in [-0.3, -0.25) is 0 Å². The van der Waals surface area contributed by atoms with Crippen LogP contribution in [0.1, 0.15) is 115 Å². The minimum Gasteiger partial charge on any atom is -0.377 e. The van der Waals surface area contributed by atoms with Crippen molar-refractivity contribution >= 4 is 79.5 Å². The van der Waals surface area contributed by atoms with Crippen LogP contribution in [0.15, 0.2) is 0 Å². The largest absolute Gasteiger partial charge is 0.676 e. The fraction of sp³-hybridized carbons (Fsp3) is 1.00. The molecule has 0 aromatic carbocycles. The Balaban J connectivity index is -0.000000117. The average molecular weight is 1480 g/mol. The van der Waals surface area contributed by atoms with E-state index in [2.05, 4.69) is 68.7 Å². The number of unbranched alkanes of at least 4 members (excludes halogenated alkanes) is 3. The average Bonchev–Trinajstić information content (AvgIpc) is 1.49. The van der Waals surface area contributed by atoms with E-state index in [1.165, 1.54) is 34.2 Å². The lowest BCUT2D eigenvalue weighted by atomic mass is 10.3. The predicted octanol–water partition coefficient (Wildman–Crippen LogP) is 10.2. The van der Waals surface area contributed by atoms with E-state index in [-0.39, 0.29) is 5.04 Å². The van der Waals surface area contributed by atoms with Crippen LogP contribution in [0, 0.1) is 5.92 Å².